The number of rotatable bonds is 5. The van der Waals surface area contributed by atoms with Crippen LogP contribution in [0.5, 0.6) is 5.75 Å². The lowest BCUT2D eigenvalue weighted by atomic mass is 10.1. The third kappa shape index (κ3) is 2.80. The van der Waals surface area contributed by atoms with Gasteiger partial charge in [0.2, 0.25) is 0 Å². The summed E-state index contributed by atoms with van der Waals surface area (Å²) >= 11 is 0. The average molecular weight is 287 g/mol. The zero-order chi connectivity index (χ0) is 13.8. The number of hydrogen-bond acceptors (Lipinski definition) is 1. The number of unbranched alkanes of at least 4 members (excludes halogenated alkanes) is 1. The van der Waals surface area contributed by atoms with Gasteiger partial charge in [0.15, 0.2) is 4.90 Å². The summed E-state index contributed by atoms with van der Waals surface area (Å²) in [5.74, 6) is 3.81. The molecule has 1 aliphatic rings. The Morgan fingerprint density at radius 1 is 1.00 bits per heavy atom. The topological polar surface area (TPSA) is 9.23 Å². The molecule has 1 nitrogen and oxygen atoms in total. The Bertz CT molecular complexity index is 573. The van der Waals surface area contributed by atoms with Gasteiger partial charge >= 0.3 is 0 Å². The minimum Gasteiger partial charge on any atom is -0.493 e. The van der Waals surface area contributed by atoms with E-state index in [2.05, 4.69) is 43.3 Å². The third-order valence-electron chi connectivity index (χ3n) is 3.94. The molecule has 0 bridgehead atoms. The molecule has 2 heteroatoms. The van der Waals surface area contributed by atoms with E-state index in [1.807, 2.05) is 0 Å². The molecule has 1 fully saturated rings. The predicted molar refractivity (Wildman–Crippen MR) is 89.0 cm³/mol. The fourth-order valence-corrected chi connectivity index (χ4v) is 5.34. The molecule has 20 heavy (non-hydrogen) atoms. The van der Waals surface area contributed by atoms with Crippen LogP contribution in [0.3, 0.4) is 0 Å². The van der Waals surface area contributed by atoms with Gasteiger partial charge in [0, 0.05) is 21.7 Å². The number of hydrogen-bond donors (Lipinski definition) is 0. The van der Waals surface area contributed by atoms with Crippen molar-refractivity contribution in [3.63, 3.8) is 0 Å². The predicted octanol–water partition coefficient (Wildman–Crippen LogP) is 4.79. The standard InChI is InChI=1S/C18H23OS/c1-2-3-12-19-17-10-6-9-16-15(17)8-7-11-18(16)20-13-4-5-14-20/h6-11H,2-5,12-14H2,1H3/q+1. The molecule has 106 valence electrons. The first kappa shape index (κ1) is 13.8. The van der Waals surface area contributed by atoms with E-state index in [0.717, 1.165) is 18.8 Å². The largest absolute Gasteiger partial charge is 0.493 e. The van der Waals surface area contributed by atoms with Crippen molar-refractivity contribution in [2.75, 3.05) is 18.1 Å². The van der Waals surface area contributed by atoms with Crippen molar-refractivity contribution in [3.8, 4) is 5.75 Å². The van der Waals surface area contributed by atoms with Gasteiger partial charge in [0.1, 0.15) is 17.3 Å². The van der Waals surface area contributed by atoms with Crippen LogP contribution in [0, 0.1) is 0 Å². The summed E-state index contributed by atoms with van der Waals surface area (Å²) in [6, 6.07) is 13.3. The van der Waals surface area contributed by atoms with Gasteiger partial charge in [-0.1, -0.05) is 31.5 Å². The smallest absolute Gasteiger partial charge is 0.162 e. The molecule has 0 atom stereocenters. The van der Waals surface area contributed by atoms with Crippen molar-refractivity contribution in [3.05, 3.63) is 36.4 Å². The molecular formula is C18H23OS+. The third-order valence-corrected chi connectivity index (χ3v) is 6.48. The first-order valence-electron chi connectivity index (χ1n) is 7.72. The zero-order valence-corrected chi connectivity index (χ0v) is 13.0. The van der Waals surface area contributed by atoms with Crippen molar-refractivity contribution >= 4 is 21.7 Å². The SMILES string of the molecule is CCCCOc1cccc2c([S+]3CCCC3)cccc12. The van der Waals surface area contributed by atoms with Crippen LogP contribution in [-0.2, 0) is 10.9 Å². The van der Waals surface area contributed by atoms with Crippen molar-refractivity contribution in [2.45, 2.75) is 37.5 Å². The molecule has 1 saturated heterocycles. The molecule has 1 aliphatic heterocycles. The summed E-state index contributed by atoms with van der Waals surface area (Å²) in [6.45, 7) is 3.03. The van der Waals surface area contributed by atoms with Crippen molar-refractivity contribution in [1.29, 1.82) is 0 Å². The maximum Gasteiger partial charge on any atom is 0.162 e. The van der Waals surface area contributed by atoms with Crippen LogP contribution >= 0.6 is 0 Å². The first-order chi connectivity index (χ1) is 9.90. The van der Waals surface area contributed by atoms with E-state index >= 15 is 0 Å². The molecule has 0 saturated carbocycles. The molecule has 0 aliphatic carbocycles. The van der Waals surface area contributed by atoms with Gasteiger partial charge in [-0.2, -0.15) is 0 Å². The summed E-state index contributed by atoms with van der Waals surface area (Å²) in [6.07, 6.45) is 5.10. The van der Waals surface area contributed by atoms with Crippen LogP contribution in [0.4, 0.5) is 0 Å². The van der Waals surface area contributed by atoms with E-state index in [1.54, 1.807) is 4.90 Å². The van der Waals surface area contributed by atoms with Crippen molar-refractivity contribution in [1.82, 2.24) is 0 Å². The molecule has 0 aromatic heterocycles. The Kier molecular flexibility index (Phi) is 4.51. The van der Waals surface area contributed by atoms with Gasteiger partial charge < -0.3 is 4.74 Å². The molecule has 0 unspecified atom stereocenters. The van der Waals surface area contributed by atoms with Crippen molar-refractivity contribution < 1.29 is 4.74 Å². The minimum atomic E-state index is 0.464. The minimum absolute atomic E-state index is 0.464. The molecule has 2 aromatic carbocycles. The van der Waals surface area contributed by atoms with Crippen LogP contribution in [0.25, 0.3) is 10.8 Å². The molecule has 0 spiro atoms. The van der Waals surface area contributed by atoms with Crippen LogP contribution in [0.2, 0.25) is 0 Å². The lowest BCUT2D eigenvalue weighted by Gasteiger charge is -2.10. The number of fused-ring (bicyclic) bond motifs is 1. The number of benzene rings is 2. The highest BCUT2D eigenvalue weighted by Crippen LogP contribution is 2.33. The summed E-state index contributed by atoms with van der Waals surface area (Å²) in [5.41, 5.74) is 0. The quantitative estimate of drug-likeness (QED) is 0.567. The summed E-state index contributed by atoms with van der Waals surface area (Å²) < 4.78 is 5.98. The van der Waals surface area contributed by atoms with Gasteiger partial charge in [-0.3, -0.25) is 0 Å². The van der Waals surface area contributed by atoms with Crippen molar-refractivity contribution in [2.24, 2.45) is 0 Å². The maximum absolute atomic E-state index is 5.98. The Balaban J connectivity index is 1.95. The highest BCUT2D eigenvalue weighted by molar-refractivity contribution is 7.97. The van der Waals surface area contributed by atoms with Crippen LogP contribution in [-0.4, -0.2) is 18.1 Å². The second kappa shape index (κ2) is 6.53. The average Bonchev–Trinajstić information content (AvgIpc) is 3.01. The summed E-state index contributed by atoms with van der Waals surface area (Å²) in [7, 11) is 0.464. The highest BCUT2D eigenvalue weighted by Gasteiger charge is 2.28. The summed E-state index contributed by atoms with van der Waals surface area (Å²) in [4.78, 5) is 1.56. The molecule has 0 radical (unpaired) electrons. The van der Waals surface area contributed by atoms with E-state index in [4.69, 9.17) is 4.74 Å². The van der Waals surface area contributed by atoms with E-state index in [1.165, 1.54) is 41.5 Å². The van der Waals surface area contributed by atoms with Crippen LogP contribution in [0.1, 0.15) is 32.6 Å². The Morgan fingerprint density at radius 2 is 1.75 bits per heavy atom. The van der Waals surface area contributed by atoms with E-state index in [-0.39, 0.29) is 0 Å². The monoisotopic (exact) mass is 287 g/mol. The lowest BCUT2D eigenvalue weighted by molar-refractivity contribution is 0.313. The van der Waals surface area contributed by atoms with E-state index < -0.39 is 0 Å². The van der Waals surface area contributed by atoms with Crippen LogP contribution in [0.15, 0.2) is 41.3 Å². The summed E-state index contributed by atoms with van der Waals surface area (Å²) in [5, 5.41) is 2.70. The zero-order valence-electron chi connectivity index (χ0n) is 12.2. The van der Waals surface area contributed by atoms with Gasteiger partial charge in [0.05, 0.1) is 6.61 Å². The second-order valence-electron chi connectivity index (χ2n) is 5.42. The maximum atomic E-state index is 5.98. The fraction of sp³-hybridized carbons (Fsp3) is 0.444. The Labute approximate surface area is 124 Å². The van der Waals surface area contributed by atoms with Gasteiger partial charge in [-0.15, -0.1) is 0 Å². The molecule has 3 rings (SSSR count). The normalized spacial score (nSPS) is 15.8. The first-order valence-corrected chi connectivity index (χ1v) is 9.28. The van der Waals surface area contributed by atoms with E-state index in [0.29, 0.717) is 10.9 Å². The molecule has 1 heterocycles. The molecule has 2 aromatic rings. The second-order valence-corrected chi connectivity index (χ2v) is 7.66. The van der Waals surface area contributed by atoms with E-state index in [9.17, 15) is 0 Å². The van der Waals surface area contributed by atoms with Gasteiger partial charge in [-0.05, 0) is 37.5 Å². The molecule has 0 N–H and O–H groups in total. The highest BCUT2D eigenvalue weighted by atomic mass is 32.2. The van der Waals surface area contributed by atoms with Crippen LogP contribution < -0.4 is 4.74 Å². The number of ether oxygens (including phenoxy) is 1. The molecule has 0 amide bonds. The fourth-order valence-electron chi connectivity index (χ4n) is 2.83. The Hall–Kier alpha value is -1.15. The van der Waals surface area contributed by atoms with Gasteiger partial charge in [0.25, 0.3) is 0 Å². The van der Waals surface area contributed by atoms with Gasteiger partial charge in [-0.25, -0.2) is 0 Å². The lowest BCUT2D eigenvalue weighted by Crippen LogP contribution is -2.05. The molecular weight excluding hydrogens is 264 g/mol. The Morgan fingerprint density at radius 3 is 2.55 bits per heavy atom.